The average Bonchev–Trinajstić information content (AvgIpc) is 3.00. The van der Waals surface area contributed by atoms with Crippen molar-refractivity contribution in [2.24, 2.45) is 5.10 Å². The highest BCUT2D eigenvalue weighted by molar-refractivity contribution is 7.92. The Morgan fingerprint density at radius 3 is 2.23 bits per heavy atom. The molecule has 2 N–H and O–H groups in total. The minimum atomic E-state index is -3.62. The molecule has 0 fully saturated rings. The van der Waals surface area contributed by atoms with Crippen LogP contribution in [0.25, 0.3) is 0 Å². The Kier molecular flexibility index (Phi) is 10.5. The molecule has 43 heavy (non-hydrogen) atoms. The van der Waals surface area contributed by atoms with Crippen molar-refractivity contribution in [1.82, 2.24) is 10.7 Å². The lowest BCUT2D eigenvalue weighted by Crippen LogP contribution is -2.31. The fourth-order valence-corrected chi connectivity index (χ4v) is 5.17. The van der Waals surface area contributed by atoms with Gasteiger partial charge in [-0.15, -0.1) is 0 Å². The number of amides is 2. The zero-order valence-corrected chi connectivity index (χ0v) is 25.2. The summed E-state index contributed by atoms with van der Waals surface area (Å²) in [5.74, 6) is -0.181. The third kappa shape index (κ3) is 9.16. The molecule has 0 saturated carbocycles. The van der Waals surface area contributed by atoms with Gasteiger partial charge in [0.05, 0.1) is 30.7 Å². The molecular formula is C32H31ClN4O5S. The largest absolute Gasteiger partial charge is 0.484 e. The molecule has 222 valence electrons. The first-order valence-electron chi connectivity index (χ1n) is 13.3. The first-order chi connectivity index (χ1) is 20.6. The predicted octanol–water partition coefficient (Wildman–Crippen LogP) is 5.33. The maximum absolute atomic E-state index is 12.6. The van der Waals surface area contributed by atoms with Crippen molar-refractivity contribution in [1.29, 1.82) is 0 Å². The fourth-order valence-electron chi connectivity index (χ4n) is 4.10. The molecule has 1 unspecified atom stereocenters. The molecule has 0 aliphatic heterocycles. The van der Waals surface area contributed by atoms with Gasteiger partial charge in [-0.2, -0.15) is 5.10 Å². The van der Waals surface area contributed by atoms with Crippen LogP contribution < -0.4 is 19.8 Å². The topological polar surface area (TPSA) is 117 Å². The Labute approximate surface area is 256 Å². The van der Waals surface area contributed by atoms with Crippen LogP contribution in [0.4, 0.5) is 5.69 Å². The number of sulfonamides is 1. The summed E-state index contributed by atoms with van der Waals surface area (Å²) in [7, 11) is -3.62. The third-order valence-electron chi connectivity index (χ3n) is 6.40. The van der Waals surface area contributed by atoms with Crippen LogP contribution in [0.3, 0.4) is 0 Å². The van der Waals surface area contributed by atoms with Gasteiger partial charge < -0.3 is 10.1 Å². The molecule has 0 radical (unpaired) electrons. The van der Waals surface area contributed by atoms with E-state index in [2.05, 4.69) is 15.8 Å². The Bertz CT molecular complexity index is 1680. The van der Waals surface area contributed by atoms with Crippen LogP contribution in [0.5, 0.6) is 5.75 Å². The lowest BCUT2D eigenvalue weighted by Gasteiger charge is -2.23. The number of anilines is 1. The van der Waals surface area contributed by atoms with Crippen LogP contribution in [0.15, 0.2) is 108 Å². The summed E-state index contributed by atoms with van der Waals surface area (Å²) < 4.78 is 31.7. The summed E-state index contributed by atoms with van der Waals surface area (Å²) in [5, 5.41) is 7.35. The molecule has 0 aliphatic carbocycles. The van der Waals surface area contributed by atoms with E-state index < -0.39 is 15.9 Å². The Morgan fingerprint density at radius 2 is 1.58 bits per heavy atom. The maximum Gasteiger partial charge on any atom is 0.271 e. The van der Waals surface area contributed by atoms with E-state index in [-0.39, 0.29) is 25.1 Å². The normalized spacial score (nSPS) is 12.0. The van der Waals surface area contributed by atoms with Gasteiger partial charge in [-0.05, 0) is 78.2 Å². The van der Waals surface area contributed by atoms with E-state index >= 15 is 0 Å². The second-order valence-corrected chi connectivity index (χ2v) is 12.0. The number of carbonyl (C=O) groups is 2. The minimum absolute atomic E-state index is 0.0544. The van der Waals surface area contributed by atoms with Gasteiger partial charge in [0, 0.05) is 10.6 Å². The van der Waals surface area contributed by atoms with Crippen LogP contribution in [-0.4, -0.2) is 39.3 Å². The van der Waals surface area contributed by atoms with Crippen LogP contribution >= 0.6 is 11.6 Å². The van der Waals surface area contributed by atoms with Crippen molar-refractivity contribution in [3.8, 4) is 5.75 Å². The molecule has 0 aliphatic rings. The number of hydrogen-bond donors (Lipinski definition) is 2. The van der Waals surface area contributed by atoms with Crippen molar-refractivity contribution in [3.63, 3.8) is 0 Å². The summed E-state index contributed by atoms with van der Waals surface area (Å²) in [5.41, 5.74) is 5.52. The summed E-state index contributed by atoms with van der Waals surface area (Å²) in [6, 6.07) is 29.6. The molecule has 11 heteroatoms. The summed E-state index contributed by atoms with van der Waals surface area (Å²) in [6.45, 7) is 1.84. The molecule has 4 aromatic carbocycles. The molecule has 0 saturated heterocycles. The number of hydrazone groups is 1. The predicted molar refractivity (Wildman–Crippen MR) is 169 cm³/mol. The fraction of sp³-hybridized carbons (Fsp3) is 0.156. The van der Waals surface area contributed by atoms with E-state index in [9.17, 15) is 18.0 Å². The van der Waals surface area contributed by atoms with E-state index in [1.165, 1.54) is 22.7 Å². The second kappa shape index (κ2) is 14.5. The average molecular weight is 619 g/mol. The maximum atomic E-state index is 12.6. The highest BCUT2D eigenvalue weighted by atomic mass is 35.5. The van der Waals surface area contributed by atoms with Gasteiger partial charge in [0.15, 0.2) is 6.61 Å². The Balaban J connectivity index is 1.28. The number of benzene rings is 4. The van der Waals surface area contributed by atoms with Gasteiger partial charge >= 0.3 is 0 Å². The van der Waals surface area contributed by atoms with Gasteiger partial charge in [-0.3, -0.25) is 13.9 Å². The number of rotatable bonds is 12. The molecule has 1 atom stereocenters. The van der Waals surface area contributed by atoms with Gasteiger partial charge in [0.25, 0.3) is 11.8 Å². The van der Waals surface area contributed by atoms with Crippen molar-refractivity contribution in [3.05, 3.63) is 130 Å². The van der Waals surface area contributed by atoms with Gasteiger partial charge in [0.1, 0.15) is 5.75 Å². The van der Waals surface area contributed by atoms with Crippen molar-refractivity contribution < 1.29 is 22.7 Å². The highest BCUT2D eigenvalue weighted by Crippen LogP contribution is 2.24. The summed E-state index contributed by atoms with van der Waals surface area (Å²) >= 11 is 6.22. The van der Waals surface area contributed by atoms with E-state index in [1.807, 2.05) is 37.3 Å². The van der Waals surface area contributed by atoms with Crippen LogP contribution in [0, 0.1) is 0 Å². The van der Waals surface area contributed by atoms with Crippen molar-refractivity contribution in [2.75, 3.05) is 17.2 Å². The zero-order chi connectivity index (χ0) is 30.8. The molecule has 4 rings (SSSR count). The number of hydrogen-bond acceptors (Lipinski definition) is 6. The van der Waals surface area contributed by atoms with E-state index in [0.29, 0.717) is 33.1 Å². The van der Waals surface area contributed by atoms with E-state index in [1.54, 1.807) is 60.7 Å². The smallest absolute Gasteiger partial charge is 0.271 e. The number of ether oxygens (including phenoxy) is 1. The molecule has 0 heterocycles. The highest BCUT2D eigenvalue weighted by Gasteiger charge is 2.19. The molecule has 4 aromatic rings. The Morgan fingerprint density at radius 1 is 0.930 bits per heavy atom. The van der Waals surface area contributed by atoms with Gasteiger partial charge in [0.2, 0.25) is 10.0 Å². The number of halogens is 1. The minimum Gasteiger partial charge on any atom is -0.484 e. The first kappa shape index (κ1) is 31.3. The van der Waals surface area contributed by atoms with Gasteiger partial charge in [-0.25, -0.2) is 13.8 Å². The molecule has 9 nitrogen and oxygen atoms in total. The molecule has 0 aromatic heterocycles. The summed E-state index contributed by atoms with van der Waals surface area (Å²) in [4.78, 5) is 24.8. The quantitative estimate of drug-likeness (QED) is 0.164. The van der Waals surface area contributed by atoms with Gasteiger partial charge in [-0.1, -0.05) is 60.1 Å². The molecular weight excluding hydrogens is 588 g/mol. The Hall–Kier alpha value is -4.67. The van der Waals surface area contributed by atoms with Crippen LogP contribution in [-0.2, 0) is 21.4 Å². The molecule has 0 spiro atoms. The number of nitrogens with one attached hydrogen (secondary N) is 2. The van der Waals surface area contributed by atoms with E-state index in [4.69, 9.17) is 16.3 Å². The zero-order valence-electron chi connectivity index (χ0n) is 23.6. The summed E-state index contributed by atoms with van der Waals surface area (Å²) in [6.07, 6.45) is 2.58. The molecule has 0 bridgehead atoms. The van der Waals surface area contributed by atoms with Crippen LogP contribution in [0.2, 0.25) is 5.02 Å². The first-order valence-corrected chi connectivity index (χ1v) is 15.5. The van der Waals surface area contributed by atoms with Crippen molar-refractivity contribution in [2.45, 2.75) is 19.5 Å². The van der Waals surface area contributed by atoms with Crippen molar-refractivity contribution >= 4 is 45.3 Å². The lowest BCUT2D eigenvalue weighted by atomic mass is 10.1. The SMILES string of the molecule is CC(NC(=O)COc1ccc(/C=N/NC(=O)c2ccc(N(Cc3ccccc3Cl)S(C)(=O)=O)cc2)cc1)c1ccccc1. The second-order valence-electron chi connectivity index (χ2n) is 9.66. The van der Waals surface area contributed by atoms with Crippen LogP contribution in [0.1, 0.15) is 40.0 Å². The lowest BCUT2D eigenvalue weighted by molar-refractivity contribution is -0.123. The standard InChI is InChI=1S/C32H31ClN4O5S/c1-23(25-8-4-3-5-9-25)35-31(38)22-42-29-18-12-24(13-19-29)20-34-36-32(39)26-14-16-28(17-15-26)37(43(2,40)41)21-27-10-6-7-11-30(27)33/h3-20,23H,21-22H2,1-2H3,(H,35,38)(H,36,39)/b34-20+. The monoisotopic (exact) mass is 618 g/mol. The number of nitrogens with zero attached hydrogens (tertiary/aromatic N) is 2. The number of carbonyl (C=O) groups excluding carboxylic acids is 2. The third-order valence-corrected chi connectivity index (χ3v) is 7.91. The van der Waals surface area contributed by atoms with E-state index in [0.717, 1.165) is 11.8 Å². The molecule has 2 amide bonds.